The van der Waals surface area contributed by atoms with Crippen molar-refractivity contribution in [2.24, 2.45) is 0 Å². The van der Waals surface area contributed by atoms with Crippen LogP contribution < -0.4 is 12.4 Å². The molecule has 0 spiro atoms. The molecule has 0 bridgehead atoms. The summed E-state index contributed by atoms with van der Waals surface area (Å²) in [6, 6.07) is -0.839. The fraction of sp³-hybridized carbons (Fsp3) is 0.167. The molecule has 14 heavy (non-hydrogen) atoms. The van der Waals surface area contributed by atoms with Crippen LogP contribution in [0.4, 0.5) is 0 Å². The van der Waals surface area contributed by atoms with Gasteiger partial charge in [-0.15, -0.1) is 0 Å². The summed E-state index contributed by atoms with van der Waals surface area (Å²) in [5.74, 6) is 0. The van der Waals surface area contributed by atoms with Crippen molar-refractivity contribution in [1.82, 2.24) is 0 Å². The standard InChI is InChI=1S/C6H4N5O2.ClH/c7-9-5-2-1-4(11(12)13)3-6(5)10-8;/h1-3,5H;1H/q+1;/p-1. The minimum absolute atomic E-state index is 0. The van der Waals surface area contributed by atoms with Crippen LogP contribution in [0.15, 0.2) is 23.9 Å². The van der Waals surface area contributed by atoms with Gasteiger partial charge in [0, 0.05) is 12.2 Å². The topological polar surface area (TPSA) is 108 Å². The monoisotopic (exact) mass is 213 g/mol. The van der Waals surface area contributed by atoms with Crippen LogP contribution in [0, 0.1) is 15.5 Å². The predicted molar refractivity (Wildman–Crippen MR) is 41.7 cm³/mol. The molecule has 0 radical (unpaired) electrons. The minimum atomic E-state index is -0.839. The molecule has 0 aliphatic heterocycles. The van der Waals surface area contributed by atoms with Crippen LogP contribution in [-0.4, -0.2) is 21.5 Å². The third-order valence-electron chi connectivity index (χ3n) is 1.50. The first-order valence-electron chi connectivity index (χ1n) is 3.29. The SMILES string of the molecule is N#[N+]C1C=CC([N+](=O)[O-])=CC1=[N+]=[N-].[Cl-]. The highest BCUT2D eigenvalue weighted by Crippen LogP contribution is 2.10. The highest BCUT2D eigenvalue weighted by Gasteiger charge is 2.36. The van der Waals surface area contributed by atoms with Crippen LogP contribution in [0.5, 0.6) is 0 Å². The largest absolute Gasteiger partial charge is 1.00 e. The molecule has 0 amide bonds. The molecule has 1 atom stereocenters. The Bertz CT molecular complexity index is 401. The van der Waals surface area contributed by atoms with Crippen molar-refractivity contribution in [3.63, 3.8) is 0 Å². The Morgan fingerprint density at radius 2 is 2.29 bits per heavy atom. The van der Waals surface area contributed by atoms with Gasteiger partial charge in [-0.2, -0.15) is 4.79 Å². The van der Waals surface area contributed by atoms with E-state index in [-0.39, 0.29) is 23.8 Å². The molecule has 0 aromatic heterocycles. The molecule has 0 saturated heterocycles. The van der Waals surface area contributed by atoms with E-state index in [0.717, 1.165) is 6.08 Å². The van der Waals surface area contributed by atoms with Gasteiger partial charge in [0.2, 0.25) is 5.39 Å². The maximum Gasteiger partial charge on any atom is 0.430 e. The Kier molecular flexibility index (Phi) is 4.16. The molecule has 72 valence electrons. The molecule has 8 heteroatoms. The second-order valence-electron chi connectivity index (χ2n) is 2.27. The van der Waals surface area contributed by atoms with Crippen molar-refractivity contribution in [3.05, 3.63) is 44.5 Å². The van der Waals surface area contributed by atoms with E-state index in [1.807, 2.05) is 0 Å². The zero-order chi connectivity index (χ0) is 9.84. The Hall–Kier alpha value is -2.03. The lowest BCUT2D eigenvalue weighted by Crippen LogP contribution is -3.00. The molecule has 0 N–H and O–H groups in total. The van der Waals surface area contributed by atoms with Crippen LogP contribution in [0.25, 0.3) is 10.5 Å². The van der Waals surface area contributed by atoms with Gasteiger partial charge < -0.3 is 17.9 Å². The van der Waals surface area contributed by atoms with Crippen molar-refractivity contribution in [1.29, 1.82) is 5.39 Å². The van der Waals surface area contributed by atoms with Gasteiger partial charge in [0.15, 0.2) is 0 Å². The Labute approximate surface area is 84.5 Å². The molecule has 1 rings (SSSR count). The maximum absolute atomic E-state index is 10.3. The summed E-state index contributed by atoms with van der Waals surface area (Å²) in [7, 11) is 0. The molecule has 0 aromatic carbocycles. The number of nitrogens with zero attached hydrogens (tertiary/aromatic N) is 5. The lowest BCUT2D eigenvalue weighted by atomic mass is 10.1. The van der Waals surface area contributed by atoms with Crippen LogP contribution in [0.2, 0.25) is 0 Å². The Morgan fingerprint density at radius 1 is 1.64 bits per heavy atom. The molecule has 1 aliphatic carbocycles. The fourth-order valence-corrected chi connectivity index (χ4v) is 0.873. The van der Waals surface area contributed by atoms with E-state index < -0.39 is 11.0 Å². The molecular formula is C6H4ClN5O2. The summed E-state index contributed by atoms with van der Waals surface area (Å²) >= 11 is 0. The number of hydrogen-bond donors (Lipinski definition) is 0. The third kappa shape index (κ3) is 2.23. The van der Waals surface area contributed by atoms with Crippen molar-refractivity contribution in [3.8, 4) is 0 Å². The van der Waals surface area contributed by atoms with Gasteiger partial charge in [0.25, 0.3) is 5.70 Å². The van der Waals surface area contributed by atoms with Gasteiger partial charge in [-0.3, -0.25) is 10.1 Å². The summed E-state index contributed by atoms with van der Waals surface area (Å²) in [6.45, 7) is 0. The zero-order valence-corrected chi connectivity index (χ0v) is 7.50. The van der Waals surface area contributed by atoms with E-state index in [4.69, 9.17) is 10.9 Å². The smallest absolute Gasteiger partial charge is 0.430 e. The number of nitro groups is 1. The number of rotatable bonds is 1. The number of diazo groups is 1. The quantitative estimate of drug-likeness (QED) is 0.159. The van der Waals surface area contributed by atoms with Crippen molar-refractivity contribution >= 4 is 5.71 Å². The van der Waals surface area contributed by atoms with Crippen LogP contribution in [-0.2, 0) is 0 Å². The molecule has 0 heterocycles. The highest BCUT2D eigenvalue weighted by molar-refractivity contribution is 5.99. The zero-order valence-electron chi connectivity index (χ0n) is 6.74. The van der Waals surface area contributed by atoms with Gasteiger partial charge >= 0.3 is 11.8 Å². The molecule has 1 unspecified atom stereocenters. The van der Waals surface area contributed by atoms with Gasteiger partial charge in [-0.1, -0.05) is 0 Å². The first-order valence-corrected chi connectivity index (χ1v) is 3.29. The van der Waals surface area contributed by atoms with E-state index in [2.05, 4.69) is 9.77 Å². The molecule has 0 aromatic rings. The summed E-state index contributed by atoms with van der Waals surface area (Å²) in [5, 5.41) is 18.7. The summed E-state index contributed by atoms with van der Waals surface area (Å²) in [6.07, 6.45) is 3.47. The van der Waals surface area contributed by atoms with E-state index >= 15 is 0 Å². The second-order valence-corrected chi connectivity index (χ2v) is 2.27. The number of halogens is 1. The Balaban J connectivity index is 0.00000169. The molecular weight excluding hydrogens is 210 g/mol. The highest BCUT2D eigenvalue weighted by atomic mass is 35.5. The molecule has 1 aliphatic rings. The van der Waals surface area contributed by atoms with Crippen LogP contribution >= 0.6 is 0 Å². The molecule has 0 saturated carbocycles. The van der Waals surface area contributed by atoms with Gasteiger partial charge in [0.05, 0.1) is 4.92 Å². The van der Waals surface area contributed by atoms with E-state index in [1.54, 1.807) is 0 Å². The van der Waals surface area contributed by atoms with Crippen LogP contribution in [0.3, 0.4) is 0 Å². The van der Waals surface area contributed by atoms with Crippen LogP contribution in [0.1, 0.15) is 0 Å². The maximum atomic E-state index is 10.3. The second kappa shape index (κ2) is 4.87. The van der Waals surface area contributed by atoms with E-state index in [1.165, 1.54) is 12.2 Å². The average molecular weight is 214 g/mol. The van der Waals surface area contributed by atoms with E-state index in [9.17, 15) is 10.1 Å². The van der Waals surface area contributed by atoms with Gasteiger partial charge in [-0.25, -0.2) is 0 Å². The molecule has 7 nitrogen and oxygen atoms in total. The lowest BCUT2D eigenvalue weighted by Gasteiger charge is -1.92. The summed E-state index contributed by atoms with van der Waals surface area (Å²) < 4.78 is 0. The fourth-order valence-electron chi connectivity index (χ4n) is 0.873. The molecule has 0 fully saturated rings. The number of hydrogen-bond acceptors (Lipinski definition) is 3. The van der Waals surface area contributed by atoms with Crippen molar-refractivity contribution in [2.45, 2.75) is 6.04 Å². The Morgan fingerprint density at radius 3 is 2.71 bits per heavy atom. The third-order valence-corrected chi connectivity index (χ3v) is 1.50. The van der Waals surface area contributed by atoms with Crippen molar-refractivity contribution in [2.75, 3.05) is 0 Å². The first kappa shape index (κ1) is 12.0. The number of allylic oxidation sites excluding steroid dienone is 1. The summed E-state index contributed by atoms with van der Waals surface area (Å²) in [5.41, 5.74) is 8.12. The minimum Gasteiger partial charge on any atom is -1.00 e. The first-order chi connectivity index (χ1) is 6.19. The average Bonchev–Trinajstić information content (AvgIpc) is 2.16. The predicted octanol–water partition coefficient (Wildman–Crippen LogP) is -2.39. The lowest BCUT2D eigenvalue weighted by molar-refractivity contribution is -0.419. The summed E-state index contributed by atoms with van der Waals surface area (Å²) in [4.78, 5) is 15.2. The van der Waals surface area contributed by atoms with E-state index in [0.29, 0.717) is 0 Å². The van der Waals surface area contributed by atoms with Gasteiger partial charge in [0.1, 0.15) is 11.1 Å². The normalized spacial score (nSPS) is 18.6. The van der Waals surface area contributed by atoms with Crippen molar-refractivity contribution < 1.29 is 22.1 Å². The van der Waals surface area contributed by atoms with Gasteiger partial charge in [-0.05, 0) is 0 Å².